The Morgan fingerprint density at radius 1 is 0.594 bits per heavy atom. The van der Waals surface area contributed by atoms with Crippen molar-refractivity contribution in [2.24, 2.45) is 0 Å². The fourth-order valence-electron chi connectivity index (χ4n) is 3.99. The summed E-state index contributed by atoms with van der Waals surface area (Å²) in [4.78, 5) is 2.22. The van der Waals surface area contributed by atoms with Crippen LogP contribution in [-0.2, 0) is 9.47 Å². The van der Waals surface area contributed by atoms with Gasteiger partial charge in [-0.2, -0.15) is 0 Å². The van der Waals surface area contributed by atoms with Gasteiger partial charge in [0.2, 0.25) is 0 Å². The molecule has 170 valence electrons. The van der Waals surface area contributed by atoms with Crippen LogP contribution in [0.4, 0.5) is 17.1 Å². The number of hydrogen-bond donors (Lipinski definition) is 0. The Bertz CT molecular complexity index is 997. The molecule has 3 aromatic carbocycles. The third kappa shape index (κ3) is 5.23. The Labute approximate surface area is 191 Å². The number of methoxy groups -OCH3 is 2. The van der Waals surface area contributed by atoms with Crippen LogP contribution in [0.3, 0.4) is 0 Å². The first kappa shape index (κ1) is 23.6. The molecule has 3 aromatic rings. The molecule has 0 aliphatic carbocycles. The first-order valence-corrected chi connectivity index (χ1v) is 10.7. The van der Waals surface area contributed by atoms with Crippen molar-refractivity contribution < 1.29 is 18.9 Å². The van der Waals surface area contributed by atoms with Crippen molar-refractivity contribution in [3.05, 3.63) is 76.3 Å². The van der Waals surface area contributed by atoms with E-state index in [-0.39, 0.29) is 13.6 Å². The maximum Gasteiger partial charge on any atom is 0.188 e. The van der Waals surface area contributed by atoms with E-state index in [1.807, 2.05) is 24.3 Å². The molecular weight excluding hydrogens is 402 g/mol. The lowest BCUT2D eigenvalue weighted by Gasteiger charge is -2.32. The summed E-state index contributed by atoms with van der Waals surface area (Å²) in [6, 6.07) is 16.7. The number of nitrogens with zero attached hydrogens (tertiary/aromatic N) is 1. The molecule has 0 aliphatic heterocycles. The molecule has 0 amide bonds. The van der Waals surface area contributed by atoms with Crippen molar-refractivity contribution in [2.75, 3.05) is 32.7 Å². The fourth-order valence-corrected chi connectivity index (χ4v) is 3.99. The SMILES string of the molecule is COCOc1ccc(C)cc1N(c1cc(C)ccc1OCOC)c1c(C)cc(C)cc1C. The molecule has 0 aliphatic rings. The summed E-state index contributed by atoms with van der Waals surface area (Å²) in [5.41, 5.74) is 8.75. The second-order valence-electron chi connectivity index (χ2n) is 8.13. The molecule has 0 saturated carbocycles. The standard InChI is InChI=1S/C27H33NO4/c1-18-8-10-25(31-16-29-6)23(14-18)28(27-21(4)12-20(3)13-22(27)5)24-15-19(2)9-11-26(24)32-17-30-7/h8-15H,16-17H2,1-7H3. The van der Waals surface area contributed by atoms with Crippen LogP contribution in [0.1, 0.15) is 27.8 Å². The topological polar surface area (TPSA) is 40.2 Å². The van der Waals surface area contributed by atoms with Gasteiger partial charge in [0.05, 0.1) is 17.1 Å². The first-order chi connectivity index (χ1) is 15.3. The van der Waals surface area contributed by atoms with Crippen LogP contribution in [0.5, 0.6) is 11.5 Å². The highest BCUT2D eigenvalue weighted by Crippen LogP contribution is 2.47. The third-order valence-corrected chi connectivity index (χ3v) is 5.23. The minimum atomic E-state index is 0.163. The Morgan fingerprint density at radius 3 is 1.44 bits per heavy atom. The number of hydrogen-bond acceptors (Lipinski definition) is 5. The van der Waals surface area contributed by atoms with Crippen molar-refractivity contribution in [3.8, 4) is 11.5 Å². The minimum absolute atomic E-state index is 0.163. The lowest BCUT2D eigenvalue weighted by Crippen LogP contribution is -2.17. The van der Waals surface area contributed by atoms with E-state index in [0.717, 1.165) is 39.7 Å². The summed E-state index contributed by atoms with van der Waals surface area (Å²) in [6.07, 6.45) is 0. The summed E-state index contributed by atoms with van der Waals surface area (Å²) in [7, 11) is 3.24. The van der Waals surface area contributed by atoms with Gasteiger partial charge in [0.25, 0.3) is 0 Å². The second kappa shape index (κ2) is 10.5. The van der Waals surface area contributed by atoms with Crippen LogP contribution in [0.15, 0.2) is 48.5 Å². The predicted molar refractivity (Wildman–Crippen MR) is 130 cm³/mol. The van der Waals surface area contributed by atoms with E-state index >= 15 is 0 Å². The van der Waals surface area contributed by atoms with Crippen molar-refractivity contribution in [3.63, 3.8) is 0 Å². The quantitative estimate of drug-likeness (QED) is 0.351. The molecule has 0 unspecified atom stereocenters. The summed E-state index contributed by atoms with van der Waals surface area (Å²) < 4.78 is 22.4. The maximum absolute atomic E-state index is 5.99. The Morgan fingerprint density at radius 2 is 1.03 bits per heavy atom. The predicted octanol–water partition coefficient (Wildman–Crippen LogP) is 6.66. The Kier molecular flexibility index (Phi) is 7.78. The average molecular weight is 436 g/mol. The van der Waals surface area contributed by atoms with Gasteiger partial charge in [0.1, 0.15) is 11.5 Å². The molecule has 5 nitrogen and oxygen atoms in total. The van der Waals surface area contributed by atoms with Crippen molar-refractivity contribution >= 4 is 17.1 Å². The van der Waals surface area contributed by atoms with Gasteiger partial charge in [-0.05, 0) is 81.1 Å². The molecule has 32 heavy (non-hydrogen) atoms. The number of benzene rings is 3. The minimum Gasteiger partial charge on any atom is -0.465 e. The fraction of sp³-hybridized carbons (Fsp3) is 0.333. The van der Waals surface area contributed by atoms with E-state index in [1.165, 1.54) is 16.7 Å². The maximum atomic E-state index is 5.99. The molecular formula is C27H33NO4. The average Bonchev–Trinajstić information content (AvgIpc) is 2.74. The smallest absolute Gasteiger partial charge is 0.188 e. The molecule has 0 saturated heterocycles. The molecule has 0 heterocycles. The van der Waals surface area contributed by atoms with Crippen molar-refractivity contribution in [1.82, 2.24) is 0 Å². The van der Waals surface area contributed by atoms with E-state index in [2.05, 4.69) is 63.8 Å². The lowest BCUT2D eigenvalue weighted by atomic mass is 10.0. The van der Waals surface area contributed by atoms with Gasteiger partial charge in [-0.3, -0.25) is 0 Å². The van der Waals surface area contributed by atoms with Gasteiger partial charge in [-0.25, -0.2) is 0 Å². The molecule has 3 rings (SSSR count). The summed E-state index contributed by atoms with van der Waals surface area (Å²) in [5.74, 6) is 1.46. The molecule has 5 heteroatoms. The van der Waals surface area contributed by atoms with Gasteiger partial charge in [0, 0.05) is 14.2 Å². The van der Waals surface area contributed by atoms with E-state index in [4.69, 9.17) is 18.9 Å². The number of aryl methyl sites for hydroxylation is 5. The highest BCUT2D eigenvalue weighted by molar-refractivity contribution is 5.86. The highest BCUT2D eigenvalue weighted by atomic mass is 16.7. The Balaban J connectivity index is 2.34. The molecule has 0 atom stereocenters. The molecule has 0 N–H and O–H groups in total. The summed E-state index contributed by atoms with van der Waals surface area (Å²) >= 11 is 0. The van der Waals surface area contributed by atoms with Crippen LogP contribution < -0.4 is 14.4 Å². The normalized spacial score (nSPS) is 10.8. The lowest BCUT2D eigenvalue weighted by molar-refractivity contribution is 0.0511. The van der Waals surface area contributed by atoms with E-state index in [0.29, 0.717) is 0 Å². The zero-order valence-electron chi connectivity index (χ0n) is 20.1. The van der Waals surface area contributed by atoms with Gasteiger partial charge in [0.15, 0.2) is 13.6 Å². The van der Waals surface area contributed by atoms with Crippen LogP contribution in [0.2, 0.25) is 0 Å². The highest BCUT2D eigenvalue weighted by Gasteiger charge is 2.24. The van der Waals surface area contributed by atoms with Gasteiger partial charge < -0.3 is 23.8 Å². The van der Waals surface area contributed by atoms with Gasteiger partial charge in [-0.1, -0.05) is 29.8 Å². The molecule has 0 radical (unpaired) electrons. The molecule has 0 fully saturated rings. The zero-order chi connectivity index (χ0) is 23.3. The van der Waals surface area contributed by atoms with E-state index < -0.39 is 0 Å². The summed E-state index contributed by atoms with van der Waals surface area (Å²) in [5, 5.41) is 0. The number of ether oxygens (including phenoxy) is 4. The van der Waals surface area contributed by atoms with Crippen LogP contribution >= 0.6 is 0 Å². The van der Waals surface area contributed by atoms with E-state index in [1.54, 1.807) is 14.2 Å². The van der Waals surface area contributed by atoms with Crippen molar-refractivity contribution in [2.45, 2.75) is 34.6 Å². The van der Waals surface area contributed by atoms with Crippen molar-refractivity contribution in [1.29, 1.82) is 0 Å². The summed E-state index contributed by atoms with van der Waals surface area (Å²) in [6.45, 7) is 10.9. The van der Waals surface area contributed by atoms with Crippen LogP contribution in [0.25, 0.3) is 0 Å². The second-order valence-corrected chi connectivity index (χ2v) is 8.13. The first-order valence-electron chi connectivity index (χ1n) is 10.7. The number of rotatable bonds is 9. The van der Waals surface area contributed by atoms with Gasteiger partial charge in [-0.15, -0.1) is 0 Å². The van der Waals surface area contributed by atoms with E-state index in [9.17, 15) is 0 Å². The van der Waals surface area contributed by atoms with Gasteiger partial charge >= 0.3 is 0 Å². The van der Waals surface area contributed by atoms with Crippen LogP contribution in [0, 0.1) is 34.6 Å². The molecule has 0 aromatic heterocycles. The number of anilines is 3. The zero-order valence-corrected chi connectivity index (χ0v) is 20.1. The monoisotopic (exact) mass is 435 g/mol. The Hall–Kier alpha value is -3.02. The molecule has 0 bridgehead atoms. The molecule has 0 spiro atoms. The largest absolute Gasteiger partial charge is 0.465 e. The van der Waals surface area contributed by atoms with Crippen LogP contribution in [-0.4, -0.2) is 27.8 Å². The third-order valence-electron chi connectivity index (χ3n) is 5.23.